The van der Waals surface area contributed by atoms with Gasteiger partial charge in [0.25, 0.3) is 0 Å². The van der Waals surface area contributed by atoms with E-state index < -0.39 is 0 Å². The molecule has 2 bridgehead atoms. The molecule has 3 atom stereocenters. The van der Waals surface area contributed by atoms with E-state index in [0.717, 1.165) is 12.1 Å². The summed E-state index contributed by atoms with van der Waals surface area (Å²) in [7, 11) is 0. The molecule has 0 saturated carbocycles. The summed E-state index contributed by atoms with van der Waals surface area (Å²) in [5.74, 6) is 0. The van der Waals surface area contributed by atoms with Crippen LogP contribution in [0.1, 0.15) is 42.9 Å². The van der Waals surface area contributed by atoms with Crippen molar-refractivity contribution < 1.29 is 4.74 Å². The van der Waals surface area contributed by atoms with E-state index in [1.54, 1.807) is 0 Å². The van der Waals surface area contributed by atoms with E-state index in [9.17, 15) is 0 Å². The van der Waals surface area contributed by atoms with Crippen molar-refractivity contribution in [3.63, 3.8) is 0 Å². The van der Waals surface area contributed by atoms with Crippen molar-refractivity contribution in [2.45, 2.75) is 50.0 Å². The van der Waals surface area contributed by atoms with Gasteiger partial charge in [0, 0.05) is 0 Å². The summed E-state index contributed by atoms with van der Waals surface area (Å²) in [6.45, 7) is 0. The molecule has 24 heavy (non-hydrogen) atoms. The van der Waals surface area contributed by atoms with E-state index in [-0.39, 0.29) is 6.10 Å². The van der Waals surface area contributed by atoms with Crippen molar-refractivity contribution in [2.75, 3.05) is 5.33 Å². The van der Waals surface area contributed by atoms with Gasteiger partial charge in [-0.1, -0.05) is 0 Å². The van der Waals surface area contributed by atoms with Crippen LogP contribution in [-0.2, 0) is 4.74 Å². The molecular formula is C21H26AsNO. The Labute approximate surface area is 153 Å². The van der Waals surface area contributed by atoms with E-state index in [1.807, 2.05) is 16.9 Å². The summed E-state index contributed by atoms with van der Waals surface area (Å²) in [4.78, 5) is 2.72. The van der Waals surface area contributed by atoms with Crippen LogP contribution in [0.15, 0.2) is 60.7 Å². The number of piperidine rings is 1. The number of benzene rings is 2. The summed E-state index contributed by atoms with van der Waals surface area (Å²) in [6, 6.07) is 22.8. The third-order valence-corrected chi connectivity index (χ3v) is 6.47. The molecule has 4 rings (SSSR count). The fourth-order valence-electron chi connectivity index (χ4n) is 4.43. The van der Waals surface area contributed by atoms with Crippen LogP contribution in [0.2, 0.25) is 0 Å². The van der Waals surface area contributed by atoms with Crippen molar-refractivity contribution in [1.29, 1.82) is 0 Å². The Morgan fingerprint density at radius 1 is 0.875 bits per heavy atom. The molecule has 2 aromatic carbocycles. The molecule has 0 N–H and O–H groups in total. The quantitative estimate of drug-likeness (QED) is 0.734. The molecule has 126 valence electrons. The first kappa shape index (κ1) is 16.4. The monoisotopic (exact) mass is 383 g/mol. The van der Waals surface area contributed by atoms with Gasteiger partial charge < -0.3 is 0 Å². The van der Waals surface area contributed by atoms with Crippen LogP contribution in [0.4, 0.5) is 0 Å². The van der Waals surface area contributed by atoms with Gasteiger partial charge in [0.1, 0.15) is 0 Å². The second kappa shape index (κ2) is 7.43. The number of fused-ring (bicyclic) bond motifs is 2. The van der Waals surface area contributed by atoms with Crippen molar-refractivity contribution in [2.24, 2.45) is 0 Å². The number of nitrogens with zero attached hydrogens (tertiary/aromatic N) is 1. The summed E-state index contributed by atoms with van der Waals surface area (Å²) >= 11 is 1.84. The Balaban J connectivity index is 1.55. The molecule has 2 nitrogen and oxygen atoms in total. The Morgan fingerprint density at radius 2 is 1.38 bits per heavy atom. The van der Waals surface area contributed by atoms with Crippen molar-refractivity contribution >= 4 is 16.9 Å². The molecule has 2 aliphatic heterocycles. The number of hydrogen-bond acceptors (Lipinski definition) is 2. The average Bonchev–Trinajstić information content (AvgIpc) is 2.90. The van der Waals surface area contributed by atoms with Gasteiger partial charge in [-0.2, -0.15) is 0 Å². The summed E-state index contributed by atoms with van der Waals surface area (Å²) in [5.41, 5.74) is 2.52. The molecule has 2 aromatic rings. The number of ether oxygens (including phenoxy) is 1. The Hall–Kier alpha value is -1.08. The fraction of sp³-hybridized carbons (Fsp3) is 0.429. The Bertz CT molecular complexity index is 594. The summed E-state index contributed by atoms with van der Waals surface area (Å²) in [5, 5.41) is 1.25. The standard InChI is InChI=1S/C21H26AsNO/c22-15-23-18-11-12-19(23)14-20(13-18)24-21(16-7-3-1-4-8-16)17-9-5-2-6-10-17/h1-10,18-21H,11-15,22H2. The third-order valence-electron chi connectivity index (χ3n) is 5.59. The zero-order valence-corrected chi connectivity index (χ0v) is 16.5. The van der Waals surface area contributed by atoms with Crippen LogP contribution in [0.3, 0.4) is 0 Å². The van der Waals surface area contributed by atoms with E-state index in [0.29, 0.717) is 6.10 Å². The maximum atomic E-state index is 6.72. The predicted octanol–water partition coefficient (Wildman–Crippen LogP) is 3.38. The Morgan fingerprint density at radius 3 is 1.83 bits per heavy atom. The summed E-state index contributed by atoms with van der Waals surface area (Å²) < 4.78 is 6.72. The van der Waals surface area contributed by atoms with Crippen molar-refractivity contribution in [1.82, 2.24) is 4.90 Å². The van der Waals surface area contributed by atoms with Gasteiger partial charge in [0.15, 0.2) is 0 Å². The molecule has 2 saturated heterocycles. The SMILES string of the molecule is [AsH2]CN1C2CCC1CC(OC(c1ccccc1)c1ccccc1)C2. The first-order valence-corrected chi connectivity index (χ1v) is 10.8. The first-order valence-electron chi connectivity index (χ1n) is 9.06. The third kappa shape index (κ3) is 3.33. The second-order valence-corrected chi connectivity index (χ2v) is 7.78. The van der Waals surface area contributed by atoms with Crippen LogP contribution in [0.25, 0.3) is 0 Å². The van der Waals surface area contributed by atoms with E-state index in [2.05, 4.69) is 65.6 Å². The predicted molar refractivity (Wildman–Crippen MR) is 101 cm³/mol. The molecule has 3 unspecified atom stereocenters. The second-order valence-electron chi connectivity index (χ2n) is 7.01. The topological polar surface area (TPSA) is 12.5 Å². The molecule has 0 radical (unpaired) electrons. The van der Waals surface area contributed by atoms with Crippen molar-refractivity contribution in [3.8, 4) is 0 Å². The van der Waals surface area contributed by atoms with Gasteiger partial charge in [0.05, 0.1) is 0 Å². The minimum atomic E-state index is 0.0502. The van der Waals surface area contributed by atoms with Gasteiger partial charge in [-0.25, -0.2) is 0 Å². The van der Waals surface area contributed by atoms with Crippen LogP contribution in [0.5, 0.6) is 0 Å². The van der Waals surface area contributed by atoms with Gasteiger partial charge in [-0.3, -0.25) is 0 Å². The van der Waals surface area contributed by atoms with Crippen LogP contribution in [-0.4, -0.2) is 45.3 Å². The van der Waals surface area contributed by atoms with Crippen LogP contribution >= 0.6 is 0 Å². The van der Waals surface area contributed by atoms with E-state index in [1.165, 1.54) is 42.1 Å². The van der Waals surface area contributed by atoms with E-state index in [4.69, 9.17) is 4.74 Å². The molecule has 0 aromatic heterocycles. The molecule has 2 heterocycles. The maximum absolute atomic E-state index is 6.72. The molecular weight excluding hydrogens is 357 g/mol. The van der Waals surface area contributed by atoms with Gasteiger partial charge in [0.2, 0.25) is 0 Å². The van der Waals surface area contributed by atoms with Crippen LogP contribution in [0, 0.1) is 0 Å². The van der Waals surface area contributed by atoms with Crippen molar-refractivity contribution in [3.05, 3.63) is 71.8 Å². The van der Waals surface area contributed by atoms with Crippen LogP contribution < -0.4 is 0 Å². The average molecular weight is 383 g/mol. The summed E-state index contributed by atoms with van der Waals surface area (Å²) in [6.07, 6.45) is 5.52. The Kier molecular flexibility index (Phi) is 5.08. The first-order chi connectivity index (χ1) is 11.8. The zero-order valence-electron chi connectivity index (χ0n) is 14.1. The van der Waals surface area contributed by atoms with Gasteiger partial charge >= 0.3 is 154 Å². The minimum absolute atomic E-state index is 0.0502. The van der Waals surface area contributed by atoms with Gasteiger partial charge in [-0.05, 0) is 0 Å². The van der Waals surface area contributed by atoms with Gasteiger partial charge in [-0.15, -0.1) is 0 Å². The molecule has 0 amide bonds. The number of rotatable bonds is 5. The normalized spacial score (nSPS) is 26.8. The molecule has 0 spiro atoms. The fourth-order valence-corrected chi connectivity index (χ4v) is 5.68. The molecule has 2 aliphatic rings. The molecule has 2 fully saturated rings. The van der Waals surface area contributed by atoms with E-state index >= 15 is 0 Å². The number of hydrogen-bond donors (Lipinski definition) is 0. The zero-order chi connectivity index (χ0) is 16.4. The molecule has 0 aliphatic carbocycles. The molecule has 3 heteroatoms.